The first-order valence-corrected chi connectivity index (χ1v) is 7.59. The molecular formula is C17H12ClN5O. The first-order valence-electron chi connectivity index (χ1n) is 7.22. The van der Waals surface area contributed by atoms with Crippen LogP contribution < -0.4 is 5.73 Å². The largest absolute Gasteiger partial charge is 0.440 e. The number of fused-ring (bicyclic) bond motifs is 1. The summed E-state index contributed by atoms with van der Waals surface area (Å²) in [6.07, 6.45) is 4.83. The minimum atomic E-state index is 0.290. The van der Waals surface area contributed by atoms with Crippen molar-refractivity contribution in [1.29, 1.82) is 0 Å². The number of hydrogen-bond acceptors (Lipinski definition) is 6. The number of anilines is 1. The number of nitrogen functional groups attached to an aromatic ring is 1. The minimum absolute atomic E-state index is 0.290. The molecule has 3 heterocycles. The lowest BCUT2D eigenvalue weighted by atomic mass is 10.1. The molecule has 0 aliphatic carbocycles. The Labute approximate surface area is 142 Å². The van der Waals surface area contributed by atoms with Gasteiger partial charge in [0.05, 0.1) is 22.9 Å². The summed E-state index contributed by atoms with van der Waals surface area (Å²) in [7, 11) is 0. The van der Waals surface area contributed by atoms with Gasteiger partial charge in [-0.2, -0.15) is 0 Å². The van der Waals surface area contributed by atoms with E-state index in [-0.39, 0.29) is 5.82 Å². The highest BCUT2D eigenvalue weighted by Crippen LogP contribution is 2.33. The Morgan fingerprint density at radius 2 is 1.96 bits per heavy atom. The molecule has 24 heavy (non-hydrogen) atoms. The second kappa shape index (κ2) is 5.58. The molecule has 0 amide bonds. The SMILES string of the molecule is Cc1cnc(-c2nc(N)cnc2-c2cc(Cl)c3ncccc3c2)o1. The van der Waals surface area contributed by atoms with Crippen LogP contribution in [0.3, 0.4) is 0 Å². The van der Waals surface area contributed by atoms with Crippen LogP contribution in [0.4, 0.5) is 5.82 Å². The Kier molecular flexibility index (Phi) is 3.39. The Bertz CT molecular complexity index is 1060. The Hall–Kier alpha value is -2.99. The van der Waals surface area contributed by atoms with Gasteiger partial charge in [-0.3, -0.25) is 4.98 Å². The molecule has 6 nitrogen and oxygen atoms in total. The molecule has 0 radical (unpaired) electrons. The van der Waals surface area contributed by atoms with Crippen LogP contribution in [0.15, 0.2) is 47.3 Å². The molecule has 0 unspecified atom stereocenters. The fraction of sp³-hybridized carbons (Fsp3) is 0.0588. The highest BCUT2D eigenvalue weighted by atomic mass is 35.5. The number of benzene rings is 1. The fourth-order valence-electron chi connectivity index (χ4n) is 2.51. The van der Waals surface area contributed by atoms with E-state index in [1.807, 2.05) is 25.1 Å². The molecule has 0 atom stereocenters. The number of aryl methyl sites for hydroxylation is 1. The smallest absolute Gasteiger partial charge is 0.247 e. The number of rotatable bonds is 2. The van der Waals surface area contributed by atoms with E-state index in [1.54, 1.807) is 18.5 Å². The van der Waals surface area contributed by atoms with Crippen molar-refractivity contribution in [2.45, 2.75) is 6.92 Å². The third kappa shape index (κ3) is 2.47. The van der Waals surface area contributed by atoms with Gasteiger partial charge in [0, 0.05) is 17.1 Å². The van der Waals surface area contributed by atoms with Crippen LogP contribution in [0.1, 0.15) is 5.76 Å². The van der Waals surface area contributed by atoms with Crippen molar-refractivity contribution in [1.82, 2.24) is 19.9 Å². The van der Waals surface area contributed by atoms with Crippen LogP contribution in [0.5, 0.6) is 0 Å². The Morgan fingerprint density at radius 3 is 2.75 bits per heavy atom. The quantitative estimate of drug-likeness (QED) is 0.596. The summed E-state index contributed by atoms with van der Waals surface area (Å²) in [6.45, 7) is 1.81. The molecule has 2 N–H and O–H groups in total. The van der Waals surface area contributed by atoms with Crippen molar-refractivity contribution in [2.24, 2.45) is 0 Å². The number of hydrogen-bond donors (Lipinski definition) is 1. The number of nitrogens with zero attached hydrogens (tertiary/aromatic N) is 4. The van der Waals surface area contributed by atoms with Crippen molar-refractivity contribution in [3.8, 4) is 22.8 Å². The van der Waals surface area contributed by atoms with Gasteiger partial charge in [-0.25, -0.2) is 15.0 Å². The monoisotopic (exact) mass is 337 g/mol. The number of aromatic nitrogens is 4. The zero-order valence-corrected chi connectivity index (χ0v) is 13.4. The van der Waals surface area contributed by atoms with Crippen LogP contribution in [0.25, 0.3) is 33.7 Å². The van der Waals surface area contributed by atoms with Gasteiger partial charge >= 0.3 is 0 Å². The summed E-state index contributed by atoms with van der Waals surface area (Å²) in [5, 5.41) is 1.45. The second-order valence-corrected chi connectivity index (χ2v) is 5.71. The van der Waals surface area contributed by atoms with Gasteiger partial charge in [-0.1, -0.05) is 17.7 Å². The molecule has 7 heteroatoms. The lowest BCUT2D eigenvalue weighted by Crippen LogP contribution is -1.98. The summed E-state index contributed by atoms with van der Waals surface area (Å²) in [4.78, 5) is 17.3. The van der Waals surface area contributed by atoms with Crippen molar-refractivity contribution < 1.29 is 4.42 Å². The normalized spacial score (nSPS) is 11.1. The van der Waals surface area contributed by atoms with Crippen molar-refractivity contribution in [2.75, 3.05) is 5.73 Å². The third-order valence-corrected chi connectivity index (χ3v) is 3.83. The van der Waals surface area contributed by atoms with Crippen LogP contribution in [0, 0.1) is 6.92 Å². The number of oxazole rings is 1. The van der Waals surface area contributed by atoms with Crippen LogP contribution in [0.2, 0.25) is 5.02 Å². The lowest BCUT2D eigenvalue weighted by Gasteiger charge is -2.08. The van der Waals surface area contributed by atoms with E-state index in [0.717, 1.165) is 16.5 Å². The first kappa shape index (κ1) is 14.6. The third-order valence-electron chi connectivity index (χ3n) is 3.55. The van der Waals surface area contributed by atoms with Crippen molar-refractivity contribution in [3.05, 3.63) is 53.6 Å². The number of pyridine rings is 1. The van der Waals surface area contributed by atoms with E-state index in [2.05, 4.69) is 19.9 Å². The maximum atomic E-state index is 6.37. The first-order chi connectivity index (χ1) is 11.6. The van der Waals surface area contributed by atoms with E-state index in [9.17, 15) is 0 Å². The predicted octanol–water partition coefficient (Wildman–Crippen LogP) is 3.89. The molecule has 0 aliphatic heterocycles. The van der Waals surface area contributed by atoms with E-state index in [0.29, 0.717) is 28.1 Å². The van der Waals surface area contributed by atoms with Crippen LogP contribution in [-0.4, -0.2) is 19.9 Å². The zero-order chi connectivity index (χ0) is 16.7. The van der Waals surface area contributed by atoms with Crippen LogP contribution in [-0.2, 0) is 0 Å². The molecular weight excluding hydrogens is 326 g/mol. The molecule has 0 saturated heterocycles. The van der Waals surface area contributed by atoms with Gasteiger partial charge < -0.3 is 10.2 Å². The predicted molar refractivity (Wildman–Crippen MR) is 92.4 cm³/mol. The van der Waals surface area contributed by atoms with Gasteiger partial charge in [0.25, 0.3) is 0 Å². The van der Waals surface area contributed by atoms with E-state index >= 15 is 0 Å². The Morgan fingerprint density at radius 1 is 1.08 bits per heavy atom. The summed E-state index contributed by atoms with van der Waals surface area (Å²) < 4.78 is 5.59. The maximum Gasteiger partial charge on any atom is 0.247 e. The molecule has 0 spiro atoms. The molecule has 0 aliphatic rings. The van der Waals surface area contributed by atoms with Gasteiger partial charge in [-0.15, -0.1) is 0 Å². The van der Waals surface area contributed by atoms with Gasteiger partial charge in [0.15, 0.2) is 5.69 Å². The topological polar surface area (TPSA) is 90.7 Å². The van der Waals surface area contributed by atoms with E-state index < -0.39 is 0 Å². The molecule has 118 valence electrons. The number of nitrogens with two attached hydrogens (primary N) is 1. The molecule has 4 aromatic rings. The molecule has 1 aromatic carbocycles. The summed E-state index contributed by atoms with van der Waals surface area (Å²) in [5.41, 5.74) is 8.39. The summed E-state index contributed by atoms with van der Waals surface area (Å²) in [6, 6.07) is 7.55. The van der Waals surface area contributed by atoms with E-state index in [1.165, 1.54) is 6.20 Å². The molecule has 4 rings (SSSR count). The van der Waals surface area contributed by atoms with E-state index in [4.69, 9.17) is 21.8 Å². The van der Waals surface area contributed by atoms with Gasteiger partial charge in [-0.05, 0) is 25.1 Å². The second-order valence-electron chi connectivity index (χ2n) is 5.30. The Balaban J connectivity index is 1.97. The molecule has 0 fully saturated rings. The molecule has 0 bridgehead atoms. The minimum Gasteiger partial charge on any atom is -0.440 e. The summed E-state index contributed by atoms with van der Waals surface area (Å²) in [5.74, 6) is 1.34. The molecule has 3 aromatic heterocycles. The zero-order valence-electron chi connectivity index (χ0n) is 12.7. The number of halogens is 1. The molecule has 0 saturated carbocycles. The highest BCUT2D eigenvalue weighted by molar-refractivity contribution is 6.35. The standard InChI is InChI=1S/C17H12ClN5O/c1-9-7-22-17(24-9)16-15(21-8-13(19)23-16)11-5-10-3-2-4-20-14(10)12(18)6-11/h2-8H,1H3,(H2,19,23). The average molecular weight is 338 g/mol. The van der Waals surface area contributed by atoms with Crippen LogP contribution >= 0.6 is 11.6 Å². The fourth-order valence-corrected chi connectivity index (χ4v) is 2.79. The lowest BCUT2D eigenvalue weighted by molar-refractivity contribution is 0.540. The van der Waals surface area contributed by atoms with Gasteiger partial charge in [0.2, 0.25) is 5.89 Å². The highest BCUT2D eigenvalue weighted by Gasteiger charge is 2.17. The summed E-state index contributed by atoms with van der Waals surface area (Å²) >= 11 is 6.37. The maximum absolute atomic E-state index is 6.37. The average Bonchev–Trinajstić information content (AvgIpc) is 3.01. The van der Waals surface area contributed by atoms with Crippen molar-refractivity contribution in [3.63, 3.8) is 0 Å². The van der Waals surface area contributed by atoms with Gasteiger partial charge in [0.1, 0.15) is 17.3 Å². The van der Waals surface area contributed by atoms with Crippen molar-refractivity contribution >= 4 is 28.3 Å².